The number of aliphatic hydroxyl groups is 2. The van der Waals surface area contributed by atoms with Crippen molar-refractivity contribution in [3.8, 4) is 0 Å². The number of ketones is 1. The van der Waals surface area contributed by atoms with Gasteiger partial charge in [-0.05, 0) is 74.0 Å². The van der Waals surface area contributed by atoms with Crippen LogP contribution >= 0.6 is 0 Å². The molecular weight excluding hydrogens is 404 g/mol. The standard InChI is InChI=1S/C27H42O5/c1-14-7-10-27(31-13-14)15(2)21-20(32-27)12-19-18-6-5-16-11-17(28)8-9-25(16,3)22(18)23(29)24(30)26(19,21)4/h14-23,28-29H,5-13H2,1-4H3/t14?,15-,16-,17-,18?,19?,20-,21?,22?,23?,25+,26?,27?/m0/s1. The molecule has 0 aromatic carbocycles. The van der Waals surface area contributed by atoms with Crippen molar-refractivity contribution in [3.63, 3.8) is 0 Å². The van der Waals surface area contributed by atoms with Crippen LogP contribution in [0.1, 0.15) is 79.1 Å². The molecule has 4 saturated carbocycles. The molecule has 6 rings (SSSR count). The van der Waals surface area contributed by atoms with Gasteiger partial charge in [0.25, 0.3) is 0 Å². The summed E-state index contributed by atoms with van der Waals surface area (Å²) in [6.07, 6.45) is 6.60. The third-order valence-corrected chi connectivity index (χ3v) is 11.8. The molecule has 2 heterocycles. The van der Waals surface area contributed by atoms with E-state index < -0.39 is 17.3 Å². The van der Waals surface area contributed by atoms with Gasteiger partial charge in [-0.25, -0.2) is 0 Å². The first-order valence-electron chi connectivity index (χ1n) is 13.3. The molecule has 32 heavy (non-hydrogen) atoms. The third-order valence-electron chi connectivity index (χ3n) is 11.8. The van der Waals surface area contributed by atoms with Crippen LogP contribution < -0.4 is 0 Å². The summed E-state index contributed by atoms with van der Waals surface area (Å²) >= 11 is 0. The number of fused-ring (bicyclic) bond motifs is 7. The molecule has 180 valence electrons. The number of rotatable bonds is 0. The van der Waals surface area contributed by atoms with Crippen LogP contribution in [0.2, 0.25) is 0 Å². The van der Waals surface area contributed by atoms with E-state index in [1.54, 1.807) is 0 Å². The Bertz CT molecular complexity index is 789. The fourth-order valence-corrected chi connectivity index (χ4v) is 10.1. The lowest BCUT2D eigenvalue weighted by Gasteiger charge is -2.61. The Hall–Kier alpha value is -0.490. The Morgan fingerprint density at radius 3 is 2.47 bits per heavy atom. The molecule has 0 amide bonds. The summed E-state index contributed by atoms with van der Waals surface area (Å²) in [6.45, 7) is 9.67. The molecule has 6 aliphatic rings. The van der Waals surface area contributed by atoms with Crippen LogP contribution in [-0.4, -0.2) is 46.7 Å². The van der Waals surface area contributed by atoms with E-state index in [0.29, 0.717) is 17.8 Å². The van der Waals surface area contributed by atoms with Crippen molar-refractivity contribution in [2.75, 3.05) is 6.61 Å². The van der Waals surface area contributed by atoms with Crippen molar-refractivity contribution in [2.24, 2.45) is 52.3 Å². The first-order chi connectivity index (χ1) is 15.1. The molecule has 2 saturated heterocycles. The number of hydrogen-bond acceptors (Lipinski definition) is 5. The maximum Gasteiger partial charge on any atom is 0.171 e. The van der Waals surface area contributed by atoms with Crippen LogP contribution in [0.5, 0.6) is 0 Å². The summed E-state index contributed by atoms with van der Waals surface area (Å²) in [7, 11) is 0. The maximum atomic E-state index is 14.1. The maximum absolute atomic E-state index is 14.1. The zero-order chi connectivity index (χ0) is 22.6. The lowest BCUT2D eigenvalue weighted by Crippen LogP contribution is -2.64. The van der Waals surface area contributed by atoms with Crippen molar-refractivity contribution in [1.82, 2.24) is 0 Å². The zero-order valence-electron chi connectivity index (χ0n) is 20.3. The molecule has 0 aromatic heterocycles. The molecule has 4 aliphatic carbocycles. The Morgan fingerprint density at radius 2 is 1.75 bits per heavy atom. The Balaban J connectivity index is 1.34. The highest BCUT2D eigenvalue weighted by atomic mass is 16.7. The van der Waals surface area contributed by atoms with Crippen LogP contribution in [0, 0.1) is 52.3 Å². The monoisotopic (exact) mass is 446 g/mol. The van der Waals surface area contributed by atoms with Gasteiger partial charge < -0.3 is 19.7 Å². The van der Waals surface area contributed by atoms with Gasteiger partial charge in [-0.3, -0.25) is 4.79 Å². The largest absolute Gasteiger partial charge is 0.393 e. The molecular formula is C27H42O5. The highest BCUT2D eigenvalue weighted by Gasteiger charge is 2.73. The van der Waals surface area contributed by atoms with Crippen LogP contribution in [0.3, 0.4) is 0 Å². The van der Waals surface area contributed by atoms with E-state index in [-0.39, 0.29) is 47.1 Å². The number of Topliss-reactive ketones (excluding diaryl/α,β-unsaturated/α-hetero) is 1. The molecule has 0 bridgehead atoms. The predicted molar refractivity (Wildman–Crippen MR) is 120 cm³/mol. The van der Waals surface area contributed by atoms with Gasteiger partial charge in [0.15, 0.2) is 11.6 Å². The fraction of sp³-hybridized carbons (Fsp3) is 0.963. The Kier molecular flexibility index (Phi) is 4.83. The van der Waals surface area contributed by atoms with Crippen molar-refractivity contribution in [2.45, 2.75) is 103 Å². The first kappa shape index (κ1) is 22.0. The van der Waals surface area contributed by atoms with Gasteiger partial charge in [0.05, 0.1) is 18.8 Å². The summed E-state index contributed by atoms with van der Waals surface area (Å²) in [5.74, 6) is 1.47. The Morgan fingerprint density at radius 1 is 0.969 bits per heavy atom. The number of hydrogen-bond donors (Lipinski definition) is 2. The van der Waals surface area contributed by atoms with Crippen LogP contribution in [0.4, 0.5) is 0 Å². The summed E-state index contributed by atoms with van der Waals surface area (Å²) in [5, 5.41) is 21.9. The summed E-state index contributed by atoms with van der Waals surface area (Å²) in [6, 6.07) is 0. The number of aliphatic hydroxyl groups excluding tert-OH is 2. The van der Waals surface area contributed by atoms with Crippen molar-refractivity contribution >= 4 is 5.78 Å². The molecule has 5 nitrogen and oxygen atoms in total. The smallest absolute Gasteiger partial charge is 0.171 e. The number of ether oxygens (including phenoxy) is 2. The number of carbonyl (C=O) groups excluding carboxylic acids is 1. The first-order valence-corrected chi connectivity index (χ1v) is 13.3. The van der Waals surface area contributed by atoms with Crippen molar-refractivity contribution < 1.29 is 24.5 Å². The van der Waals surface area contributed by atoms with E-state index >= 15 is 0 Å². The second kappa shape index (κ2) is 7.02. The van der Waals surface area contributed by atoms with Crippen LogP contribution in [0.15, 0.2) is 0 Å². The number of carbonyl (C=O) groups is 1. The minimum Gasteiger partial charge on any atom is -0.393 e. The van der Waals surface area contributed by atoms with E-state index in [0.717, 1.165) is 58.0 Å². The van der Waals surface area contributed by atoms with E-state index in [4.69, 9.17) is 9.47 Å². The third kappa shape index (κ3) is 2.63. The van der Waals surface area contributed by atoms with Gasteiger partial charge in [-0.2, -0.15) is 0 Å². The predicted octanol–water partition coefficient (Wildman–Crippen LogP) is 3.94. The highest BCUT2D eigenvalue weighted by molar-refractivity contribution is 5.91. The average molecular weight is 447 g/mol. The van der Waals surface area contributed by atoms with Gasteiger partial charge in [0.1, 0.15) is 6.10 Å². The normalized spacial score (nSPS) is 61.8. The van der Waals surface area contributed by atoms with Gasteiger partial charge in [-0.15, -0.1) is 0 Å². The van der Waals surface area contributed by atoms with E-state index in [9.17, 15) is 15.0 Å². The fourth-order valence-electron chi connectivity index (χ4n) is 10.1. The van der Waals surface area contributed by atoms with Gasteiger partial charge in [-0.1, -0.05) is 27.7 Å². The minimum atomic E-state index is -0.890. The van der Waals surface area contributed by atoms with E-state index in [1.807, 2.05) is 0 Å². The summed E-state index contributed by atoms with van der Waals surface area (Å²) < 4.78 is 13.1. The molecule has 6 fully saturated rings. The Labute approximate surface area is 192 Å². The quantitative estimate of drug-likeness (QED) is 0.589. The van der Waals surface area contributed by atoms with Gasteiger partial charge >= 0.3 is 0 Å². The molecule has 8 unspecified atom stereocenters. The van der Waals surface area contributed by atoms with Crippen LogP contribution in [-0.2, 0) is 14.3 Å². The second-order valence-corrected chi connectivity index (χ2v) is 13.1. The molecule has 0 radical (unpaired) electrons. The second-order valence-electron chi connectivity index (χ2n) is 13.1. The highest BCUT2D eigenvalue weighted by Crippen LogP contribution is 2.70. The van der Waals surface area contributed by atoms with Gasteiger partial charge in [0.2, 0.25) is 0 Å². The zero-order valence-corrected chi connectivity index (χ0v) is 20.3. The van der Waals surface area contributed by atoms with Crippen LogP contribution in [0.25, 0.3) is 0 Å². The molecule has 5 heteroatoms. The summed E-state index contributed by atoms with van der Waals surface area (Å²) in [5.41, 5.74) is -0.579. The molecule has 13 atom stereocenters. The van der Waals surface area contributed by atoms with Crippen molar-refractivity contribution in [3.05, 3.63) is 0 Å². The minimum absolute atomic E-state index is 0.0224. The molecule has 2 aliphatic heterocycles. The average Bonchev–Trinajstić information content (AvgIpc) is 3.20. The van der Waals surface area contributed by atoms with E-state index in [2.05, 4.69) is 27.7 Å². The van der Waals surface area contributed by atoms with Crippen molar-refractivity contribution in [1.29, 1.82) is 0 Å². The molecule has 2 N–H and O–H groups in total. The topological polar surface area (TPSA) is 76.0 Å². The molecule has 0 aromatic rings. The lowest BCUT2D eigenvalue weighted by molar-refractivity contribution is -0.273. The SMILES string of the molecule is CC1CCC2(OC1)O[C@H]1CC3C4CC[C@H]5C[C@@H](O)CC[C@@]5(C)C4C(O)C(=O)C3(C)C1[C@@H]2C. The summed E-state index contributed by atoms with van der Waals surface area (Å²) in [4.78, 5) is 14.1. The molecule has 1 spiro atoms. The lowest BCUT2D eigenvalue weighted by atomic mass is 9.43. The van der Waals surface area contributed by atoms with E-state index in [1.165, 1.54) is 0 Å². The van der Waals surface area contributed by atoms with Gasteiger partial charge in [0, 0.05) is 29.6 Å².